The summed E-state index contributed by atoms with van der Waals surface area (Å²) in [7, 11) is -3.94. The third-order valence-corrected chi connectivity index (χ3v) is 4.43. The highest BCUT2D eigenvalue weighted by Crippen LogP contribution is 2.23. The van der Waals surface area contributed by atoms with E-state index in [0.29, 0.717) is 11.3 Å². The van der Waals surface area contributed by atoms with Gasteiger partial charge in [0.05, 0.1) is 5.69 Å². The van der Waals surface area contributed by atoms with E-state index in [-0.39, 0.29) is 21.4 Å². The van der Waals surface area contributed by atoms with Gasteiger partial charge in [-0.15, -0.1) is 0 Å². The van der Waals surface area contributed by atoms with Crippen molar-refractivity contribution in [2.45, 2.75) is 18.7 Å². The normalized spacial score (nSPS) is 11.4. The van der Waals surface area contributed by atoms with Crippen LogP contribution in [0.2, 0.25) is 5.15 Å². The number of nitrogens with one attached hydrogen (secondary N) is 2. The maximum absolute atomic E-state index is 12.3. The summed E-state index contributed by atoms with van der Waals surface area (Å²) in [6.07, 6.45) is 1.12. The second-order valence-corrected chi connectivity index (χ2v) is 6.36. The molecular weight excluding hydrogens is 318 g/mol. The zero-order valence-corrected chi connectivity index (χ0v) is 12.7. The number of aromatic nitrogens is 3. The fourth-order valence-electron chi connectivity index (χ4n) is 1.60. The first-order valence-corrected chi connectivity index (χ1v) is 7.58. The number of nitrogens with zero attached hydrogens (tertiary/aromatic N) is 2. The molecule has 2 aromatic rings. The van der Waals surface area contributed by atoms with Crippen LogP contribution in [-0.2, 0) is 10.0 Å². The van der Waals surface area contributed by atoms with Gasteiger partial charge in [0.1, 0.15) is 15.7 Å². The fraction of sp³-hybridized carbons (Fsp3) is 0.182. The lowest BCUT2D eigenvalue weighted by molar-refractivity contribution is 0.0996. The predicted octanol–water partition coefficient (Wildman–Crippen LogP) is 0.975. The number of aromatic amines is 1. The topological polar surface area (TPSA) is 131 Å². The third kappa shape index (κ3) is 2.98. The van der Waals surface area contributed by atoms with Gasteiger partial charge in [0.25, 0.3) is 15.9 Å². The number of amides is 1. The van der Waals surface area contributed by atoms with Crippen molar-refractivity contribution in [3.63, 3.8) is 0 Å². The fourth-order valence-corrected chi connectivity index (χ4v) is 2.87. The van der Waals surface area contributed by atoms with Crippen LogP contribution >= 0.6 is 11.6 Å². The van der Waals surface area contributed by atoms with Crippen LogP contribution in [0.5, 0.6) is 0 Å². The van der Waals surface area contributed by atoms with Gasteiger partial charge in [-0.25, -0.2) is 13.4 Å². The molecule has 0 saturated heterocycles. The van der Waals surface area contributed by atoms with E-state index in [1.54, 1.807) is 13.8 Å². The second-order valence-electron chi connectivity index (χ2n) is 4.32. The summed E-state index contributed by atoms with van der Waals surface area (Å²) in [5.41, 5.74) is 5.85. The van der Waals surface area contributed by atoms with Crippen LogP contribution in [0.1, 0.15) is 21.7 Å². The lowest BCUT2D eigenvalue weighted by atomic mass is 10.3. The molecule has 0 aliphatic rings. The zero-order valence-electron chi connectivity index (χ0n) is 11.1. The van der Waals surface area contributed by atoms with E-state index in [9.17, 15) is 13.2 Å². The van der Waals surface area contributed by atoms with Crippen LogP contribution < -0.4 is 10.5 Å². The van der Waals surface area contributed by atoms with Gasteiger partial charge in [0.15, 0.2) is 5.69 Å². The molecule has 8 nitrogen and oxygen atoms in total. The molecule has 2 heterocycles. The number of carbonyl (C=O) groups excluding carboxylic acids is 1. The number of rotatable bonds is 4. The maximum atomic E-state index is 12.3. The molecule has 2 rings (SSSR count). The quantitative estimate of drug-likeness (QED) is 0.719. The number of aryl methyl sites for hydroxylation is 2. The molecule has 0 radical (unpaired) electrons. The Kier molecular flexibility index (Phi) is 3.88. The Balaban J connectivity index is 2.44. The molecule has 0 spiro atoms. The van der Waals surface area contributed by atoms with Crippen LogP contribution in [0.15, 0.2) is 17.2 Å². The van der Waals surface area contributed by atoms with Crippen LogP contribution in [-0.4, -0.2) is 29.5 Å². The van der Waals surface area contributed by atoms with Crippen molar-refractivity contribution < 1.29 is 13.2 Å². The smallest absolute Gasteiger partial charge is 0.271 e. The second kappa shape index (κ2) is 5.34. The van der Waals surface area contributed by atoms with E-state index < -0.39 is 15.9 Å². The predicted molar refractivity (Wildman–Crippen MR) is 76.6 cm³/mol. The molecule has 0 bridgehead atoms. The molecule has 112 valence electrons. The molecule has 0 saturated carbocycles. The highest BCUT2D eigenvalue weighted by molar-refractivity contribution is 7.92. The van der Waals surface area contributed by atoms with Crippen molar-refractivity contribution in [1.29, 1.82) is 0 Å². The van der Waals surface area contributed by atoms with Gasteiger partial charge in [-0.05, 0) is 25.5 Å². The maximum Gasteiger partial charge on any atom is 0.271 e. The van der Waals surface area contributed by atoms with Crippen LogP contribution in [0.3, 0.4) is 0 Å². The van der Waals surface area contributed by atoms with Gasteiger partial charge in [-0.3, -0.25) is 14.6 Å². The van der Waals surface area contributed by atoms with Gasteiger partial charge in [-0.2, -0.15) is 5.10 Å². The van der Waals surface area contributed by atoms with Gasteiger partial charge in [-0.1, -0.05) is 11.6 Å². The first kappa shape index (κ1) is 15.3. The van der Waals surface area contributed by atoms with E-state index in [2.05, 4.69) is 19.9 Å². The highest BCUT2D eigenvalue weighted by Gasteiger charge is 2.22. The standard InChI is InChI=1S/C11H12ClN5O3S/c1-5-3-7(4-14-10(5)12)21(19,20)17-8-6(2)15-16-9(8)11(13)18/h3-4,17H,1-2H3,(H2,13,18)(H,15,16). The molecule has 0 unspecified atom stereocenters. The molecule has 4 N–H and O–H groups in total. The van der Waals surface area contributed by atoms with Gasteiger partial charge in [0.2, 0.25) is 0 Å². The molecule has 10 heteroatoms. The Labute approximate surface area is 125 Å². The Morgan fingerprint density at radius 1 is 1.43 bits per heavy atom. The summed E-state index contributed by atoms with van der Waals surface area (Å²) < 4.78 is 26.9. The van der Waals surface area contributed by atoms with E-state index in [1.165, 1.54) is 6.07 Å². The van der Waals surface area contributed by atoms with Crippen molar-refractivity contribution in [3.8, 4) is 0 Å². The molecule has 0 fully saturated rings. The first-order chi connectivity index (χ1) is 9.72. The van der Waals surface area contributed by atoms with Gasteiger partial charge in [0, 0.05) is 6.20 Å². The minimum atomic E-state index is -3.94. The zero-order chi connectivity index (χ0) is 15.8. The molecular formula is C11H12ClN5O3S. The number of halogens is 1. The molecule has 0 aromatic carbocycles. The Morgan fingerprint density at radius 3 is 2.67 bits per heavy atom. The Morgan fingerprint density at radius 2 is 2.10 bits per heavy atom. The minimum Gasteiger partial charge on any atom is -0.364 e. The van der Waals surface area contributed by atoms with Gasteiger partial charge < -0.3 is 5.73 Å². The number of primary amides is 1. The summed E-state index contributed by atoms with van der Waals surface area (Å²) in [6.45, 7) is 3.19. The summed E-state index contributed by atoms with van der Waals surface area (Å²) in [6, 6.07) is 1.37. The Bertz CT molecular complexity index is 815. The lowest BCUT2D eigenvalue weighted by Crippen LogP contribution is -2.19. The van der Waals surface area contributed by atoms with Crippen LogP contribution in [0, 0.1) is 13.8 Å². The summed E-state index contributed by atoms with van der Waals surface area (Å²) in [4.78, 5) is 14.9. The molecule has 0 aliphatic heterocycles. The van der Waals surface area contributed by atoms with E-state index >= 15 is 0 Å². The average molecular weight is 330 g/mol. The van der Waals surface area contributed by atoms with Crippen LogP contribution in [0.25, 0.3) is 0 Å². The number of anilines is 1. The van der Waals surface area contributed by atoms with Gasteiger partial charge >= 0.3 is 0 Å². The number of H-pyrrole nitrogens is 1. The molecule has 2 aromatic heterocycles. The first-order valence-electron chi connectivity index (χ1n) is 5.72. The number of hydrogen-bond acceptors (Lipinski definition) is 5. The number of carbonyl (C=O) groups is 1. The molecule has 1 amide bonds. The van der Waals surface area contributed by atoms with E-state index in [0.717, 1.165) is 6.20 Å². The number of nitrogens with two attached hydrogens (primary N) is 1. The molecule has 0 atom stereocenters. The van der Waals surface area contributed by atoms with E-state index in [1.807, 2.05) is 0 Å². The third-order valence-electron chi connectivity index (χ3n) is 2.72. The highest BCUT2D eigenvalue weighted by atomic mass is 35.5. The number of hydrogen-bond donors (Lipinski definition) is 3. The Hall–Kier alpha value is -2.13. The summed E-state index contributed by atoms with van der Waals surface area (Å²) in [5.74, 6) is -0.845. The summed E-state index contributed by atoms with van der Waals surface area (Å²) >= 11 is 5.76. The SMILES string of the molecule is Cc1cc(S(=O)(=O)Nc2c(C(N)=O)n[nH]c2C)cnc1Cl. The minimum absolute atomic E-state index is 0.00935. The number of sulfonamides is 1. The number of pyridine rings is 1. The molecule has 21 heavy (non-hydrogen) atoms. The monoisotopic (exact) mass is 329 g/mol. The van der Waals surface area contributed by atoms with Crippen molar-refractivity contribution in [3.05, 3.63) is 34.4 Å². The summed E-state index contributed by atoms with van der Waals surface area (Å²) in [5, 5.41) is 6.37. The van der Waals surface area contributed by atoms with Crippen molar-refractivity contribution >= 4 is 33.2 Å². The molecule has 0 aliphatic carbocycles. The van der Waals surface area contributed by atoms with Crippen molar-refractivity contribution in [1.82, 2.24) is 15.2 Å². The van der Waals surface area contributed by atoms with Crippen molar-refractivity contribution in [2.24, 2.45) is 5.73 Å². The van der Waals surface area contributed by atoms with E-state index in [4.69, 9.17) is 17.3 Å². The average Bonchev–Trinajstić information content (AvgIpc) is 2.74. The lowest BCUT2D eigenvalue weighted by Gasteiger charge is -2.09. The largest absolute Gasteiger partial charge is 0.364 e. The van der Waals surface area contributed by atoms with Crippen molar-refractivity contribution in [2.75, 3.05) is 4.72 Å². The van der Waals surface area contributed by atoms with Crippen LogP contribution in [0.4, 0.5) is 5.69 Å².